The van der Waals surface area contributed by atoms with E-state index < -0.39 is 18.1 Å². The molecule has 7 heteroatoms. The fraction of sp³-hybridized carbons (Fsp3) is 0.158. The van der Waals surface area contributed by atoms with Crippen molar-refractivity contribution in [2.75, 3.05) is 5.32 Å². The van der Waals surface area contributed by atoms with Gasteiger partial charge in [-0.15, -0.1) is 0 Å². The van der Waals surface area contributed by atoms with Crippen LogP contribution >= 0.6 is 0 Å². The minimum Gasteiger partial charge on any atom is -0.478 e. The van der Waals surface area contributed by atoms with Crippen LogP contribution in [-0.2, 0) is 17.6 Å². The highest BCUT2D eigenvalue weighted by Crippen LogP contribution is 2.23. The van der Waals surface area contributed by atoms with Crippen LogP contribution in [0.25, 0.3) is 0 Å². The quantitative estimate of drug-likeness (QED) is 0.817. The van der Waals surface area contributed by atoms with E-state index in [1.54, 1.807) is 5.32 Å². The fourth-order valence-electron chi connectivity index (χ4n) is 2.09. The van der Waals surface area contributed by atoms with Gasteiger partial charge in [-0.1, -0.05) is 48.2 Å². The summed E-state index contributed by atoms with van der Waals surface area (Å²) in [5.41, 5.74) is 0.838. The third kappa shape index (κ3) is 5.38. The van der Waals surface area contributed by atoms with Crippen molar-refractivity contribution in [2.45, 2.75) is 19.0 Å². The van der Waals surface area contributed by atoms with E-state index in [4.69, 9.17) is 5.11 Å². The van der Waals surface area contributed by atoms with Crippen molar-refractivity contribution in [3.05, 3.63) is 65.2 Å². The molecule has 2 aromatic rings. The minimum absolute atomic E-state index is 0.0696. The van der Waals surface area contributed by atoms with Gasteiger partial charge in [-0.2, -0.15) is 13.2 Å². The zero-order valence-corrected chi connectivity index (χ0v) is 13.4. The summed E-state index contributed by atoms with van der Waals surface area (Å²) in [4.78, 5) is 22.2. The van der Waals surface area contributed by atoms with Gasteiger partial charge in [-0.05, 0) is 23.3 Å². The summed E-state index contributed by atoms with van der Waals surface area (Å²) < 4.78 is 37.4. The predicted molar refractivity (Wildman–Crippen MR) is 89.7 cm³/mol. The van der Waals surface area contributed by atoms with Gasteiger partial charge in [0.2, 0.25) is 0 Å². The van der Waals surface area contributed by atoms with Gasteiger partial charge in [0.15, 0.2) is 0 Å². The number of halogens is 3. The number of alkyl halides is 3. The second-order valence-corrected chi connectivity index (χ2v) is 5.32. The standard InChI is InChI=1S/C19H14F3NO3/c20-19(21,22)18(26)23-16-12-15(17(24)25)11-10-14(16)9-5-4-8-13-6-2-1-3-7-13/h1-3,6-7,10-12H,8-9H2,(H,23,26)(H,24,25). The van der Waals surface area contributed by atoms with Crippen molar-refractivity contribution < 1.29 is 27.9 Å². The molecule has 0 saturated heterocycles. The molecule has 0 aromatic heterocycles. The average Bonchev–Trinajstić information content (AvgIpc) is 2.59. The van der Waals surface area contributed by atoms with Gasteiger partial charge in [0.1, 0.15) is 0 Å². The van der Waals surface area contributed by atoms with Crippen LogP contribution < -0.4 is 5.32 Å². The van der Waals surface area contributed by atoms with E-state index in [0.717, 1.165) is 11.6 Å². The maximum absolute atomic E-state index is 12.5. The molecule has 0 bridgehead atoms. The van der Waals surface area contributed by atoms with Gasteiger partial charge >= 0.3 is 18.1 Å². The van der Waals surface area contributed by atoms with Gasteiger partial charge in [0.25, 0.3) is 0 Å². The fourth-order valence-corrected chi connectivity index (χ4v) is 2.09. The summed E-state index contributed by atoms with van der Waals surface area (Å²) in [5, 5.41) is 10.7. The summed E-state index contributed by atoms with van der Waals surface area (Å²) in [6, 6.07) is 13.0. The van der Waals surface area contributed by atoms with Gasteiger partial charge in [-0.3, -0.25) is 4.79 Å². The number of hydrogen-bond donors (Lipinski definition) is 2. The molecule has 2 aromatic carbocycles. The Hall–Kier alpha value is -3.27. The third-order valence-electron chi connectivity index (χ3n) is 3.40. The van der Waals surface area contributed by atoms with Crippen molar-refractivity contribution in [3.63, 3.8) is 0 Å². The van der Waals surface area contributed by atoms with E-state index in [9.17, 15) is 22.8 Å². The van der Waals surface area contributed by atoms with E-state index in [1.807, 2.05) is 30.3 Å². The first-order valence-electron chi connectivity index (χ1n) is 7.51. The Morgan fingerprint density at radius 3 is 2.27 bits per heavy atom. The summed E-state index contributed by atoms with van der Waals surface area (Å²) in [7, 11) is 0. The molecule has 0 aliphatic rings. The Labute approximate surface area is 147 Å². The maximum Gasteiger partial charge on any atom is 0.471 e. The van der Waals surface area contributed by atoms with Crippen LogP contribution in [0.1, 0.15) is 21.5 Å². The number of rotatable bonds is 4. The molecule has 0 fully saturated rings. The largest absolute Gasteiger partial charge is 0.478 e. The minimum atomic E-state index is -5.07. The van der Waals surface area contributed by atoms with Crippen LogP contribution in [0.5, 0.6) is 0 Å². The molecule has 0 atom stereocenters. The number of benzene rings is 2. The molecule has 1 amide bonds. The molecule has 2 N–H and O–H groups in total. The van der Waals surface area contributed by atoms with E-state index in [0.29, 0.717) is 12.0 Å². The normalized spacial score (nSPS) is 10.6. The molecule has 0 aliphatic heterocycles. The van der Waals surface area contributed by atoms with Crippen molar-refractivity contribution in [1.29, 1.82) is 0 Å². The average molecular weight is 361 g/mol. The molecular formula is C19H14F3NO3. The lowest BCUT2D eigenvalue weighted by atomic mass is 10.1. The number of carbonyl (C=O) groups excluding carboxylic acids is 1. The number of nitrogens with one attached hydrogen (secondary N) is 1. The SMILES string of the molecule is O=C(O)c1ccc(CC#CCc2ccccc2)c(NC(=O)C(F)(F)F)c1. The smallest absolute Gasteiger partial charge is 0.471 e. The van der Waals surface area contributed by atoms with Crippen LogP contribution in [0.15, 0.2) is 48.5 Å². The molecule has 26 heavy (non-hydrogen) atoms. The molecule has 0 unspecified atom stereocenters. The monoisotopic (exact) mass is 361 g/mol. The van der Waals surface area contributed by atoms with Gasteiger partial charge in [-0.25, -0.2) is 4.79 Å². The van der Waals surface area contributed by atoms with Crippen LogP contribution in [0.2, 0.25) is 0 Å². The first-order chi connectivity index (χ1) is 12.3. The van der Waals surface area contributed by atoms with Crippen molar-refractivity contribution >= 4 is 17.6 Å². The highest BCUT2D eigenvalue weighted by Gasteiger charge is 2.39. The maximum atomic E-state index is 12.5. The molecule has 4 nitrogen and oxygen atoms in total. The van der Waals surface area contributed by atoms with Crippen molar-refractivity contribution in [1.82, 2.24) is 0 Å². The number of amides is 1. The van der Waals surface area contributed by atoms with Crippen LogP contribution in [0.4, 0.5) is 18.9 Å². The molecule has 0 heterocycles. The predicted octanol–water partition coefficient (Wildman–Crippen LogP) is 3.67. The third-order valence-corrected chi connectivity index (χ3v) is 3.40. The Morgan fingerprint density at radius 2 is 1.65 bits per heavy atom. The van der Waals surface area contributed by atoms with Gasteiger partial charge in [0.05, 0.1) is 5.56 Å². The van der Waals surface area contributed by atoms with E-state index >= 15 is 0 Å². The number of carboxylic acids is 1. The Bertz CT molecular complexity index is 865. The second kappa shape index (κ2) is 8.21. The summed E-state index contributed by atoms with van der Waals surface area (Å²) in [6.45, 7) is 0. The first-order valence-corrected chi connectivity index (χ1v) is 7.51. The summed E-state index contributed by atoms with van der Waals surface area (Å²) in [5.74, 6) is 2.24. The number of aromatic carboxylic acids is 1. The highest BCUT2D eigenvalue weighted by atomic mass is 19.4. The van der Waals surface area contributed by atoms with Crippen molar-refractivity contribution in [2.24, 2.45) is 0 Å². The molecule has 0 aliphatic carbocycles. The number of carbonyl (C=O) groups is 2. The lowest BCUT2D eigenvalue weighted by Crippen LogP contribution is -2.30. The Kier molecular flexibility index (Phi) is 6.02. The Balaban J connectivity index is 2.19. The number of hydrogen-bond acceptors (Lipinski definition) is 2. The zero-order valence-electron chi connectivity index (χ0n) is 13.4. The highest BCUT2D eigenvalue weighted by molar-refractivity contribution is 5.97. The lowest BCUT2D eigenvalue weighted by molar-refractivity contribution is -0.167. The molecule has 0 saturated carbocycles. The summed E-state index contributed by atoms with van der Waals surface area (Å²) >= 11 is 0. The number of carboxylic acid groups (broad SMARTS) is 1. The Morgan fingerprint density at radius 1 is 1.00 bits per heavy atom. The molecule has 2 rings (SSSR count). The zero-order chi connectivity index (χ0) is 19.2. The second-order valence-electron chi connectivity index (χ2n) is 5.32. The summed E-state index contributed by atoms with van der Waals surface area (Å²) in [6.07, 6.45) is -4.53. The van der Waals surface area contributed by atoms with Crippen molar-refractivity contribution in [3.8, 4) is 11.8 Å². The van der Waals surface area contributed by atoms with E-state index in [2.05, 4.69) is 11.8 Å². The van der Waals surface area contributed by atoms with Crippen LogP contribution in [0, 0.1) is 11.8 Å². The van der Waals surface area contributed by atoms with Gasteiger partial charge < -0.3 is 10.4 Å². The van der Waals surface area contributed by atoms with E-state index in [1.165, 1.54) is 12.1 Å². The lowest BCUT2D eigenvalue weighted by Gasteiger charge is -2.12. The first kappa shape index (κ1) is 19.1. The van der Waals surface area contributed by atoms with E-state index in [-0.39, 0.29) is 17.7 Å². The van der Waals surface area contributed by atoms with Crippen LogP contribution in [-0.4, -0.2) is 23.2 Å². The number of anilines is 1. The molecule has 134 valence electrons. The molecular weight excluding hydrogens is 347 g/mol. The molecule has 0 radical (unpaired) electrons. The van der Waals surface area contributed by atoms with Crippen LogP contribution in [0.3, 0.4) is 0 Å². The van der Waals surface area contributed by atoms with Gasteiger partial charge in [0, 0.05) is 18.5 Å². The molecule has 0 spiro atoms. The topological polar surface area (TPSA) is 66.4 Å².